The van der Waals surface area contributed by atoms with Gasteiger partial charge in [-0.05, 0) is 43.5 Å². The minimum atomic E-state index is -3.49. The summed E-state index contributed by atoms with van der Waals surface area (Å²) in [6.45, 7) is 6.86. The number of para-hydroxylation sites is 1. The molecule has 0 unspecified atom stereocenters. The van der Waals surface area contributed by atoms with Crippen LogP contribution in [0.2, 0.25) is 0 Å². The van der Waals surface area contributed by atoms with Gasteiger partial charge in [-0.1, -0.05) is 35.9 Å². The molecule has 2 aliphatic rings. The van der Waals surface area contributed by atoms with Crippen LogP contribution in [0, 0.1) is 6.92 Å². The SMILES string of the molecule is Cc1ccc(S(=O)(=O)N2CCN(CC(=O)N(C)Cc3ccccc3N3CCCC3)CC2)cc1. The molecule has 1 amide bonds. The Bertz CT molecular complexity index is 1060. The molecule has 8 heteroatoms. The largest absolute Gasteiger partial charge is 0.371 e. The van der Waals surface area contributed by atoms with Crippen LogP contribution in [-0.2, 0) is 21.4 Å². The van der Waals surface area contributed by atoms with E-state index >= 15 is 0 Å². The van der Waals surface area contributed by atoms with Crippen molar-refractivity contribution in [2.24, 2.45) is 0 Å². The van der Waals surface area contributed by atoms with Crippen LogP contribution in [0.3, 0.4) is 0 Å². The highest BCUT2D eigenvalue weighted by Crippen LogP contribution is 2.25. The third kappa shape index (κ3) is 5.57. The van der Waals surface area contributed by atoms with Crippen molar-refractivity contribution in [1.29, 1.82) is 0 Å². The van der Waals surface area contributed by atoms with Gasteiger partial charge in [-0.25, -0.2) is 8.42 Å². The van der Waals surface area contributed by atoms with Gasteiger partial charge >= 0.3 is 0 Å². The molecule has 2 aromatic carbocycles. The number of carbonyl (C=O) groups excluding carboxylic acids is 1. The van der Waals surface area contributed by atoms with Crippen LogP contribution in [0.25, 0.3) is 0 Å². The summed E-state index contributed by atoms with van der Waals surface area (Å²) in [5.74, 6) is 0.0565. The third-order valence-electron chi connectivity index (χ3n) is 6.62. The second-order valence-electron chi connectivity index (χ2n) is 9.07. The van der Waals surface area contributed by atoms with Crippen molar-refractivity contribution in [2.45, 2.75) is 31.2 Å². The van der Waals surface area contributed by atoms with Crippen molar-refractivity contribution in [3.63, 3.8) is 0 Å². The molecule has 0 N–H and O–H groups in total. The molecule has 0 radical (unpaired) electrons. The Morgan fingerprint density at radius 3 is 2.21 bits per heavy atom. The molecule has 2 aliphatic heterocycles. The lowest BCUT2D eigenvalue weighted by molar-refractivity contribution is -0.131. The predicted octanol–water partition coefficient (Wildman–Crippen LogP) is 2.56. The van der Waals surface area contributed by atoms with E-state index in [1.54, 1.807) is 17.0 Å². The van der Waals surface area contributed by atoms with Gasteiger partial charge in [-0.3, -0.25) is 9.69 Å². The average molecular weight is 471 g/mol. The zero-order valence-electron chi connectivity index (χ0n) is 19.6. The van der Waals surface area contributed by atoms with Crippen molar-refractivity contribution >= 4 is 21.6 Å². The number of rotatable bonds is 7. The molecular formula is C25H34N4O3S. The van der Waals surface area contributed by atoms with Gasteiger partial charge in [0.1, 0.15) is 0 Å². The van der Waals surface area contributed by atoms with Gasteiger partial charge in [-0.2, -0.15) is 4.31 Å². The molecule has 0 aliphatic carbocycles. The Kier molecular flexibility index (Phi) is 7.36. The molecule has 2 fully saturated rings. The van der Waals surface area contributed by atoms with Crippen molar-refractivity contribution < 1.29 is 13.2 Å². The van der Waals surface area contributed by atoms with Crippen LogP contribution >= 0.6 is 0 Å². The smallest absolute Gasteiger partial charge is 0.243 e. The zero-order chi connectivity index (χ0) is 23.4. The number of aryl methyl sites for hydroxylation is 1. The Morgan fingerprint density at radius 1 is 0.909 bits per heavy atom. The minimum Gasteiger partial charge on any atom is -0.371 e. The summed E-state index contributed by atoms with van der Waals surface area (Å²) in [6.07, 6.45) is 2.43. The molecule has 178 valence electrons. The van der Waals surface area contributed by atoms with Crippen LogP contribution in [0.15, 0.2) is 53.4 Å². The molecule has 0 aromatic heterocycles. The summed E-state index contributed by atoms with van der Waals surface area (Å²) in [5, 5.41) is 0. The van der Waals surface area contributed by atoms with E-state index in [-0.39, 0.29) is 5.91 Å². The van der Waals surface area contributed by atoms with Crippen molar-refractivity contribution in [3.05, 3.63) is 59.7 Å². The van der Waals surface area contributed by atoms with E-state index in [1.165, 1.54) is 28.4 Å². The van der Waals surface area contributed by atoms with E-state index in [9.17, 15) is 13.2 Å². The highest BCUT2D eigenvalue weighted by Gasteiger charge is 2.29. The lowest BCUT2D eigenvalue weighted by Crippen LogP contribution is -2.51. The fourth-order valence-electron chi connectivity index (χ4n) is 4.55. The minimum absolute atomic E-state index is 0.0565. The molecule has 2 saturated heterocycles. The average Bonchev–Trinajstić information content (AvgIpc) is 3.35. The number of hydrogen-bond acceptors (Lipinski definition) is 5. The van der Waals surface area contributed by atoms with Crippen LogP contribution in [0.4, 0.5) is 5.69 Å². The van der Waals surface area contributed by atoms with E-state index in [2.05, 4.69) is 23.1 Å². The Balaban J connectivity index is 1.31. The van der Waals surface area contributed by atoms with Crippen LogP contribution in [0.1, 0.15) is 24.0 Å². The maximum absolute atomic E-state index is 12.9. The highest BCUT2D eigenvalue weighted by atomic mass is 32.2. The topological polar surface area (TPSA) is 64.2 Å². The van der Waals surface area contributed by atoms with Gasteiger partial charge in [0, 0.05) is 58.5 Å². The summed E-state index contributed by atoms with van der Waals surface area (Å²) in [7, 11) is -1.65. The lowest BCUT2D eigenvalue weighted by Gasteiger charge is -2.34. The quantitative estimate of drug-likeness (QED) is 0.622. The molecule has 0 spiro atoms. The van der Waals surface area contributed by atoms with Crippen molar-refractivity contribution in [3.8, 4) is 0 Å². The Morgan fingerprint density at radius 2 is 1.55 bits per heavy atom. The summed E-state index contributed by atoms with van der Waals surface area (Å²) in [4.78, 5) is 19.5. The lowest BCUT2D eigenvalue weighted by atomic mass is 10.1. The second-order valence-corrected chi connectivity index (χ2v) is 11.0. The van der Waals surface area contributed by atoms with Crippen LogP contribution < -0.4 is 4.90 Å². The Labute approximate surface area is 197 Å². The van der Waals surface area contributed by atoms with Gasteiger partial charge < -0.3 is 9.80 Å². The first-order valence-electron chi connectivity index (χ1n) is 11.7. The molecular weight excluding hydrogens is 436 g/mol. The first kappa shape index (κ1) is 23.7. The van der Waals surface area contributed by atoms with Gasteiger partial charge in [0.15, 0.2) is 0 Å². The normalized spacial score (nSPS) is 17.9. The number of anilines is 1. The summed E-state index contributed by atoms with van der Waals surface area (Å²) < 4.78 is 27.3. The molecule has 33 heavy (non-hydrogen) atoms. The third-order valence-corrected chi connectivity index (χ3v) is 8.53. The van der Waals surface area contributed by atoms with Crippen LogP contribution in [0.5, 0.6) is 0 Å². The second kappa shape index (κ2) is 10.2. The van der Waals surface area contributed by atoms with Crippen molar-refractivity contribution in [1.82, 2.24) is 14.1 Å². The number of hydrogen-bond donors (Lipinski definition) is 0. The number of piperazine rings is 1. The van der Waals surface area contributed by atoms with Gasteiger partial charge in [0.25, 0.3) is 0 Å². The summed E-state index contributed by atoms with van der Waals surface area (Å²) >= 11 is 0. The number of nitrogens with zero attached hydrogens (tertiary/aromatic N) is 4. The molecule has 0 bridgehead atoms. The van der Waals surface area contributed by atoms with E-state index in [1.807, 2.05) is 37.1 Å². The molecule has 2 heterocycles. The number of benzene rings is 2. The monoisotopic (exact) mass is 470 g/mol. The molecule has 2 aromatic rings. The maximum Gasteiger partial charge on any atom is 0.243 e. The Hall–Kier alpha value is -2.42. The standard InChI is InChI=1S/C25H34N4O3S/c1-21-9-11-23(12-10-21)33(31,32)29-17-15-27(16-18-29)20-25(30)26(2)19-22-7-3-4-8-24(22)28-13-5-6-14-28/h3-4,7-12H,5-6,13-20H2,1-2H3. The maximum atomic E-state index is 12.9. The predicted molar refractivity (Wildman–Crippen MR) is 131 cm³/mol. The van der Waals surface area contributed by atoms with Gasteiger partial charge in [0.05, 0.1) is 11.4 Å². The number of carbonyl (C=O) groups is 1. The summed E-state index contributed by atoms with van der Waals surface area (Å²) in [5.41, 5.74) is 3.43. The van der Waals surface area contributed by atoms with Gasteiger partial charge in [0.2, 0.25) is 15.9 Å². The van der Waals surface area contributed by atoms with Gasteiger partial charge in [-0.15, -0.1) is 0 Å². The molecule has 0 atom stereocenters. The first-order chi connectivity index (χ1) is 15.8. The van der Waals surface area contributed by atoms with Crippen molar-refractivity contribution in [2.75, 3.05) is 57.8 Å². The zero-order valence-corrected chi connectivity index (χ0v) is 20.4. The van der Waals surface area contributed by atoms with E-state index in [0.29, 0.717) is 44.2 Å². The fourth-order valence-corrected chi connectivity index (χ4v) is 5.98. The summed E-state index contributed by atoms with van der Waals surface area (Å²) in [6, 6.07) is 15.3. The van der Waals surface area contributed by atoms with E-state index in [0.717, 1.165) is 18.7 Å². The molecule has 7 nitrogen and oxygen atoms in total. The van der Waals surface area contributed by atoms with E-state index in [4.69, 9.17) is 0 Å². The number of sulfonamides is 1. The first-order valence-corrected chi connectivity index (χ1v) is 13.1. The highest BCUT2D eigenvalue weighted by molar-refractivity contribution is 7.89. The molecule has 4 rings (SSSR count). The number of amides is 1. The number of likely N-dealkylation sites (N-methyl/N-ethyl adjacent to an activating group) is 1. The fraction of sp³-hybridized carbons (Fsp3) is 0.480. The molecule has 0 saturated carbocycles. The van der Waals surface area contributed by atoms with Crippen LogP contribution in [-0.4, -0.2) is 81.3 Å². The van der Waals surface area contributed by atoms with E-state index < -0.39 is 10.0 Å².